The summed E-state index contributed by atoms with van der Waals surface area (Å²) in [6.45, 7) is 0.446. The van der Waals surface area contributed by atoms with Gasteiger partial charge in [0.25, 0.3) is 0 Å². The van der Waals surface area contributed by atoms with E-state index in [0.29, 0.717) is 30.0 Å². The van der Waals surface area contributed by atoms with Crippen LogP contribution in [0.1, 0.15) is 18.4 Å². The maximum absolute atomic E-state index is 13.8. The molecule has 1 N–H and O–H groups in total. The molecule has 0 saturated carbocycles. The summed E-state index contributed by atoms with van der Waals surface area (Å²) in [5, 5.41) is 2.85. The molecular weight excluding hydrogens is 411 g/mol. The summed E-state index contributed by atoms with van der Waals surface area (Å²) in [5.74, 6) is -0.341. The standard InChI is InChI=1S/C21H25FN2O5S/c1-28-19-8-7-17(13-20(19)29-2)23-21(25)15-9-11-24(12-10-15)30(26,27)14-16-5-3-4-6-18(16)22/h3-8,13,15H,9-12,14H2,1-2H3,(H,23,25). The molecule has 0 atom stereocenters. The number of anilines is 1. The molecule has 30 heavy (non-hydrogen) atoms. The number of hydrogen-bond acceptors (Lipinski definition) is 5. The van der Waals surface area contributed by atoms with Gasteiger partial charge in [-0.2, -0.15) is 0 Å². The summed E-state index contributed by atoms with van der Waals surface area (Å²) in [5.41, 5.74) is 0.720. The second-order valence-electron chi connectivity index (χ2n) is 7.08. The number of ether oxygens (including phenoxy) is 2. The molecule has 1 aliphatic rings. The van der Waals surface area contributed by atoms with Crippen LogP contribution < -0.4 is 14.8 Å². The van der Waals surface area contributed by atoms with Crippen molar-refractivity contribution in [3.63, 3.8) is 0 Å². The SMILES string of the molecule is COc1ccc(NC(=O)C2CCN(S(=O)(=O)Cc3ccccc3F)CC2)cc1OC. The number of methoxy groups -OCH3 is 2. The molecule has 0 aromatic heterocycles. The first-order chi connectivity index (χ1) is 14.3. The molecule has 1 aliphatic heterocycles. The van der Waals surface area contributed by atoms with Crippen LogP contribution in [0.25, 0.3) is 0 Å². The molecule has 7 nitrogen and oxygen atoms in total. The number of benzene rings is 2. The lowest BCUT2D eigenvalue weighted by Crippen LogP contribution is -2.42. The first-order valence-corrected chi connectivity index (χ1v) is 11.2. The van der Waals surface area contributed by atoms with Crippen molar-refractivity contribution < 1.29 is 27.1 Å². The van der Waals surface area contributed by atoms with Crippen molar-refractivity contribution in [2.75, 3.05) is 32.6 Å². The topological polar surface area (TPSA) is 84.9 Å². The van der Waals surface area contributed by atoms with Crippen LogP contribution in [-0.2, 0) is 20.6 Å². The average molecular weight is 437 g/mol. The number of carbonyl (C=O) groups excluding carboxylic acids is 1. The highest BCUT2D eigenvalue weighted by molar-refractivity contribution is 7.88. The molecule has 1 saturated heterocycles. The maximum atomic E-state index is 13.8. The van der Waals surface area contributed by atoms with E-state index < -0.39 is 15.8 Å². The molecule has 9 heteroatoms. The molecule has 0 aliphatic carbocycles. The number of amides is 1. The summed E-state index contributed by atoms with van der Waals surface area (Å²) in [7, 11) is -0.606. The number of carbonyl (C=O) groups is 1. The maximum Gasteiger partial charge on any atom is 0.227 e. The summed E-state index contributed by atoms with van der Waals surface area (Å²) in [4.78, 5) is 12.6. The van der Waals surface area contributed by atoms with Crippen LogP contribution in [0, 0.1) is 11.7 Å². The van der Waals surface area contributed by atoms with Gasteiger partial charge in [0.05, 0.1) is 20.0 Å². The van der Waals surface area contributed by atoms with Crippen molar-refractivity contribution >= 4 is 21.6 Å². The molecule has 0 unspecified atom stereocenters. The predicted molar refractivity (Wildman–Crippen MR) is 111 cm³/mol. The minimum Gasteiger partial charge on any atom is -0.493 e. The number of piperidine rings is 1. The average Bonchev–Trinajstić information content (AvgIpc) is 2.75. The van der Waals surface area contributed by atoms with E-state index in [4.69, 9.17) is 9.47 Å². The van der Waals surface area contributed by atoms with Gasteiger partial charge in [-0.15, -0.1) is 0 Å². The van der Waals surface area contributed by atoms with Gasteiger partial charge in [0, 0.05) is 36.3 Å². The van der Waals surface area contributed by atoms with E-state index in [0.717, 1.165) is 0 Å². The molecule has 1 fully saturated rings. The quantitative estimate of drug-likeness (QED) is 0.721. The number of nitrogens with one attached hydrogen (secondary N) is 1. The fourth-order valence-corrected chi connectivity index (χ4v) is 5.03. The zero-order valence-corrected chi connectivity index (χ0v) is 17.7. The summed E-state index contributed by atoms with van der Waals surface area (Å²) >= 11 is 0. The second-order valence-corrected chi connectivity index (χ2v) is 9.05. The van der Waals surface area contributed by atoms with Crippen molar-refractivity contribution in [1.29, 1.82) is 0 Å². The van der Waals surface area contributed by atoms with Gasteiger partial charge in [-0.3, -0.25) is 4.79 Å². The Morgan fingerprint density at radius 2 is 1.77 bits per heavy atom. The normalized spacial score (nSPS) is 15.6. The lowest BCUT2D eigenvalue weighted by molar-refractivity contribution is -0.120. The molecule has 1 amide bonds. The van der Waals surface area contributed by atoms with E-state index in [1.165, 1.54) is 36.7 Å². The van der Waals surface area contributed by atoms with E-state index in [1.807, 2.05) is 0 Å². The second kappa shape index (κ2) is 9.44. The van der Waals surface area contributed by atoms with Gasteiger partial charge in [0.1, 0.15) is 5.82 Å². The summed E-state index contributed by atoms with van der Waals surface area (Å²) in [6.07, 6.45) is 0.797. The molecule has 3 rings (SSSR count). The van der Waals surface area contributed by atoms with Crippen LogP contribution in [0.3, 0.4) is 0 Å². The Morgan fingerprint density at radius 3 is 2.40 bits per heavy atom. The Hall–Kier alpha value is -2.65. The van der Waals surface area contributed by atoms with Crippen molar-refractivity contribution in [3.05, 3.63) is 53.8 Å². The monoisotopic (exact) mass is 436 g/mol. The minimum atomic E-state index is -3.65. The first-order valence-electron chi connectivity index (χ1n) is 9.58. The molecule has 0 bridgehead atoms. The highest BCUT2D eigenvalue weighted by atomic mass is 32.2. The van der Waals surface area contributed by atoms with E-state index in [9.17, 15) is 17.6 Å². The Kier molecular flexibility index (Phi) is 6.94. The number of nitrogens with zero attached hydrogens (tertiary/aromatic N) is 1. The van der Waals surface area contributed by atoms with Gasteiger partial charge >= 0.3 is 0 Å². The van der Waals surface area contributed by atoms with E-state index >= 15 is 0 Å². The van der Waals surface area contributed by atoms with E-state index in [2.05, 4.69) is 5.32 Å². The fraction of sp³-hybridized carbons (Fsp3) is 0.381. The Labute approximate surface area is 175 Å². The van der Waals surface area contributed by atoms with Gasteiger partial charge in [-0.1, -0.05) is 18.2 Å². The third-order valence-corrected chi connectivity index (χ3v) is 6.99. The third-order valence-electron chi connectivity index (χ3n) is 5.16. The number of rotatable bonds is 7. The first kappa shape index (κ1) is 22.0. The minimum absolute atomic E-state index is 0.144. The largest absolute Gasteiger partial charge is 0.493 e. The lowest BCUT2D eigenvalue weighted by Gasteiger charge is -2.30. The number of halogens is 1. The van der Waals surface area contributed by atoms with Gasteiger partial charge in [0.15, 0.2) is 11.5 Å². The lowest BCUT2D eigenvalue weighted by atomic mass is 9.97. The predicted octanol–water partition coefficient (Wildman–Crippen LogP) is 3.02. The molecule has 162 valence electrons. The van der Waals surface area contributed by atoms with Gasteiger partial charge < -0.3 is 14.8 Å². The van der Waals surface area contributed by atoms with Crippen LogP contribution in [-0.4, -0.2) is 45.9 Å². The Balaban J connectivity index is 1.58. The van der Waals surface area contributed by atoms with E-state index in [1.54, 1.807) is 24.3 Å². The van der Waals surface area contributed by atoms with Gasteiger partial charge in [0.2, 0.25) is 15.9 Å². The Bertz CT molecular complexity index is 1000. The Morgan fingerprint density at radius 1 is 1.10 bits per heavy atom. The van der Waals surface area contributed by atoms with Gasteiger partial charge in [-0.25, -0.2) is 17.1 Å². The summed E-state index contributed by atoms with van der Waals surface area (Å²) < 4.78 is 50.8. The smallest absolute Gasteiger partial charge is 0.227 e. The van der Waals surface area contributed by atoms with Crippen molar-refractivity contribution in [1.82, 2.24) is 4.31 Å². The fourth-order valence-electron chi connectivity index (χ4n) is 3.46. The zero-order valence-electron chi connectivity index (χ0n) is 16.9. The third kappa shape index (κ3) is 5.09. The molecule has 0 spiro atoms. The molecule has 0 radical (unpaired) electrons. The van der Waals surface area contributed by atoms with Crippen molar-refractivity contribution in [2.24, 2.45) is 5.92 Å². The van der Waals surface area contributed by atoms with Gasteiger partial charge in [-0.05, 0) is 31.0 Å². The number of sulfonamides is 1. The van der Waals surface area contributed by atoms with Crippen molar-refractivity contribution in [2.45, 2.75) is 18.6 Å². The van der Waals surface area contributed by atoms with Crippen molar-refractivity contribution in [3.8, 4) is 11.5 Å². The van der Waals surface area contributed by atoms with Crippen LogP contribution in [0.15, 0.2) is 42.5 Å². The van der Waals surface area contributed by atoms with Crippen LogP contribution in [0.2, 0.25) is 0 Å². The highest BCUT2D eigenvalue weighted by Crippen LogP contribution is 2.30. The summed E-state index contributed by atoms with van der Waals surface area (Å²) in [6, 6.07) is 10.9. The van der Waals surface area contributed by atoms with Crippen LogP contribution in [0.5, 0.6) is 11.5 Å². The van der Waals surface area contributed by atoms with Crippen LogP contribution in [0.4, 0.5) is 10.1 Å². The molecule has 2 aromatic rings. The van der Waals surface area contributed by atoms with E-state index in [-0.39, 0.29) is 36.2 Å². The highest BCUT2D eigenvalue weighted by Gasteiger charge is 2.31. The molecule has 1 heterocycles. The zero-order chi connectivity index (χ0) is 21.7. The molecular formula is C21H25FN2O5S. The number of hydrogen-bond donors (Lipinski definition) is 1. The van der Waals surface area contributed by atoms with Crippen LogP contribution >= 0.6 is 0 Å². The molecule has 2 aromatic carbocycles.